The molecule has 1 aliphatic heterocycles. The normalized spacial score (nSPS) is 17.7. The Morgan fingerprint density at radius 2 is 1.79 bits per heavy atom. The van der Waals surface area contributed by atoms with Crippen LogP contribution in [0.2, 0.25) is 0 Å². The van der Waals surface area contributed by atoms with E-state index in [9.17, 15) is 4.79 Å². The Labute approximate surface area is 115 Å². The summed E-state index contributed by atoms with van der Waals surface area (Å²) in [6, 6.07) is 6.26. The molecule has 0 saturated carbocycles. The first-order chi connectivity index (χ1) is 8.74. The van der Waals surface area contributed by atoms with Gasteiger partial charge in [-0.05, 0) is 51.3 Å². The second kappa shape index (κ2) is 4.55. The van der Waals surface area contributed by atoms with Crippen LogP contribution in [-0.2, 0) is 4.79 Å². The van der Waals surface area contributed by atoms with E-state index in [0.29, 0.717) is 5.92 Å². The van der Waals surface area contributed by atoms with E-state index in [4.69, 9.17) is 4.74 Å². The van der Waals surface area contributed by atoms with Gasteiger partial charge in [0, 0.05) is 6.04 Å². The molecule has 0 atom stereocenters. The van der Waals surface area contributed by atoms with Crippen molar-refractivity contribution in [3.8, 4) is 5.75 Å². The lowest BCUT2D eigenvalue weighted by molar-refractivity contribution is -0.133. The Morgan fingerprint density at radius 1 is 1.16 bits per heavy atom. The van der Waals surface area contributed by atoms with Crippen LogP contribution >= 0.6 is 0 Å². The average Bonchev–Trinajstić information content (AvgIpc) is 2.28. The number of fused-ring (bicyclic) bond motifs is 1. The van der Waals surface area contributed by atoms with Crippen molar-refractivity contribution in [1.82, 2.24) is 0 Å². The molecule has 1 aromatic rings. The van der Waals surface area contributed by atoms with Crippen LogP contribution in [0.25, 0.3) is 0 Å². The molecular formula is C16H23NO2. The first-order valence-electron chi connectivity index (χ1n) is 6.90. The summed E-state index contributed by atoms with van der Waals surface area (Å²) in [6.07, 6.45) is 0. The van der Waals surface area contributed by atoms with E-state index in [1.54, 1.807) is 0 Å². The van der Waals surface area contributed by atoms with E-state index in [-0.39, 0.29) is 11.9 Å². The van der Waals surface area contributed by atoms with Crippen LogP contribution < -0.4 is 9.64 Å². The molecule has 1 heterocycles. The van der Waals surface area contributed by atoms with Crippen molar-refractivity contribution in [3.05, 3.63) is 23.8 Å². The van der Waals surface area contributed by atoms with Crippen molar-refractivity contribution in [2.45, 2.75) is 59.1 Å². The van der Waals surface area contributed by atoms with Gasteiger partial charge in [0.15, 0.2) is 5.60 Å². The van der Waals surface area contributed by atoms with E-state index in [1.165, 1.54) is 5.56 Å². The van der Waals surface area contributed by atoms with Crippen molar-refractivity contribution in [3.63, 3.8) is 0 Å². The lowest BCUT2D eigenvalue weighted by atomic mass is 9.98. The smallest absolute Gasteiger partial charge is 0.270 e. The van der Waals surface area contributed by atoms with E-state index in [1.807, 2.05) is 38.7 Å². The molecule has 3 heteroatoms. The zero-order valence-electron chi connectivity index (χ0n) is 12.7. The Bertz CT molecular complexity index is 503. The second-order valence-corrected chi connectivity index (χ2v) is 6.26. The SMILES string of the molecule is CC(C)c1ccc2c(c1)OC(C)(C)C(=O)N2C(C)C. The first kappa shape index (κ1) is 13.9. The van der Waals surface area contributed by atoms with Crippen LogP contribution in [0.15, 0.2) is 18.2 Å². The summed E-state index contributed by atoms with van der Waals surface area (Å²) in [5, 5.41) is 0. The number of carbonyl (C=O) groups is 1. The summed E-state index contributed by atoms with van der Waals surface area (Å²) in [4.78, 5) is 14.3. The minimum Gasteiger partial charge on any atom is -0.476 e. The summed E-state index contributed by atoms with van der Waals surface area (Å²) in [5.74, 6) is 1.28. The van der Waals surface area contributed by atoms with Crippen molar-refractivity contribution >= 4 is 11.6 Å². The number of nitrogens with zero attached hydrogens (tertiary/aromatic N) is 1. The van der Waals surface area contributed by atoms with Crippen LogP contribution in [-0.4, -0.2) is 17.6 Å². The number of hydrogen-bond donors (Lipinski definition) is 0. The van der Waals surface area contributed by atoms with E-state index < -0.39 is 5.60 Å². The number of hydrogen-bond acceptors (Lipinski definition) is 2. The molecule has 1 aliphatic rings. The van der Waals surface area contributed by atoms with E-state index in [2.05, 4.69) is 26.0 Å². The second-order valence-electron chi connectivity index (χ2n) is 6.26. The maximum atomic E-state index is 12.5. The molecule has 0 aliphatic carbocycles. The Morgan fingerprint density at radius 3 is 2.32 bits per heavy atom. The van der Waals surface area contributed by atoms with Crippen LogP contribution in [0.5, 0.6) is 5.75 Å². The van der Waals surface area contributed by atoms with Crippen LogP contribution in [0.1, 0.15) is 53.0 Å². The first-order valence-corrected chi connectivity index (χ1v) is 6.90. The van der Waals surface area contributed by atoms with Gasteiger partial charge >= 0.3 is 0 Å². The summed E-state index contributed by atoms with van der Waals surface area (Å²) < 4.78 is 5.91. The highest BCUT2D eigenvalue weighted by atomic mass is 16.5. The van der Waals surface area contributed by atoms with Crippen LogP contribution in [0.4, 0.5) is 5.69 Å². The fourth-order valence-electron chi connectivity index (χ4n) is 2.40. The van der Waals surface area contributed by atoms with Gasteiger partial charge in [-0.15, -0.1) is 0 Å². The predicted molar refractivity (Wildman–Crippen MR) is 77.9 cm³/mol. The Hall–Kier alpha value is -1.51. The van der Waals surface area contributed by atoms with Crippen molar-refractivity contribution < 1.29 is 9.53 Å². The molecule has 0 spiro atoms. The fraction of sp³-hybridized carbons (Fsp3) is 0.562. The summed E-state index contributed by atoms with van der Waals surface area (Å²) >= 11 is 0. The Kier molecular flexibility index (Phi) is 3.33. The molecule has 3 nitrogen and oxygen atoms in total. The largest absolute Gasteiger partial charge is 0.476 e. The molecule has 0 fully saturated rings. The lowest BCUT2D eigenvalue weighted by Crippen LogP contribution is -2.54. The van der Waals surface area contributed by atoms with Gasteiger partial charge in [-0.3, -0.25) is 4.79 Å². The highest BCUT2D eigenvalue weighted by molar-refractivity contribution is 6.02. The molecule has 0 bridgehead atoms. The quantitative estimate of drug-likeness (QED) is 0.812. The molecule has 1 amide bonds. The number of benzene rings is 1. The number of carbonyl (C=O) groups excluding carboxylic acids is 1. The molecule has 0 radical (unpaired) electrons. The van der Waals surface area contributed by atoms with Gasteiger partial charge in [0.2, 0.25) is 0 Å². The third-order valence-electron chi connectivity index (χ3n) is 3.53. The van der Waals surface area contributed by atoms with Gasteiger partial charge in [0.1, 0.15) is 5.75 Å². The molecular weight excluding hydrogens is 238 g/mol. The average molecular weight is 261 g/mol. The molecule has 0 N–H and O–H groups in total. The predicted octanol–water partition coefficient (Wildman–Crippen LogP) is 3.72. The summed E-state index contributed by atoms with van der Waals surface area (Å²) in [5.41, 5.74) is 1.31. The highest BCUT2D eigenvalue weighted by Crippen LogP contribution is 2.40. The molecule has 1 aromatic carbocycles. The van der Waals surface area contributed by atoms with Gasteiger partial charge in [0.25, 0.3) is 5.91 Å². The zero-order valence-corrected chi connectivity index (χ0v) is 12.7. The number of ether oxygens (including phenoxy) is 1. The van der Waals surface area contributed by atoms with Crippen molar-refractivity contribution in [1.29, 1.82) is 0 Å². The molecule has 2 rings (SSSR count). The van der Waals surface area contributed by atoms with Crippen molar-refractivity contribution in [2.75, 3.05) is 4.90 Å². The molecule has 0 aromatic heterocycles. The van der Waals surface area contributed by atoms with Crippen molar-refractivity contribution in [2.24, 2.45) is 0 Å². The third kappa shape index (κ3) is 2.34. The number of amides is 1. The maximum absolute atomic E-state index is 12.5. The Balaban J connectivity index is 2.55. The molecule has 104 valence electrons. The zero-order chi connectivity index (χ0) is 14.4. The standard InChI is InChI=1S/C16H23NO2/c1-10(2)12-7-8-13-14(9-12)19-16(5,6)15(18)17(13)11(3)4/h7-11H,1-6H3. The van der Waals surface area contributed by atoms with E-state index >= 15 is 0 Å². The molecule has 0 unspecified atom stereocenters. The van der Waals surface area contributed by atoms with Gasteiger partial charge in [0.05, 0.1) is 5.69 Å². The van der Waals surface area contributed by atoms with E-state index in [0.717, 1.165) is 11.4 Å². The van der Waals surface area contributed by atoms with Gasteiger partial charge in [-0.25, -0.2) is 0 Å². The van der Waals surface area contributed by atoms with Gasteiger partial charge in [-0.2, -0.15) is 0 Å². The molecule has 19 heavy (non-hydrogen) atoms. The summed E-state index contributed by atoms with van der Waals surface area (Å²) in [7, 11) is 0. The maximum Gasteiger partial charge on any atom is 0.270 e. The summed E-state index contributed by atoms with van der Waals surface area (Å²) in [6.45, 7) is 12.0. The van der Waals surface area contributed by atoms with Crippen LogP contribution in [0, 0.1) is 0 Å². The van der Waals surface area contributed by atoms with Gasteiger partial charge < -0.3 is 9.64 Å². The van der Waals surface area contributed by atoms with Gasteiger partial charge in [-0.1, -0.05) is 19.9 Å². The minimum absolute atomic E-state index is 0.0206. The monoisotopic (exact) mass is 261 g/mol. The minimum atomic E-state index is -0.799. The molecule has 0 saturated heterocycles. The topological polar surface area (TPSA) is 29.5 Å². The highest BCUT2D eigenvalue weighted by Gasteiger charge is 2.41. The fourth-order valence-corrected chi connectivity index (χ4v) is 2.40. The lowest BCUT2D eigenvalue weighted by Gasteiger charge is -2.41. The number of anilines is 1. The number of rotatable bonds is 2. The third-order valence-corrected chi connectivity index (χ3v) is 3.53. The van der Waals surface area contributed by atoms with Crippen LogP contribution in [0.3, 0.4) is 0 Å².